The van der Waals surface area contributed by atoms with Crippen molar-refractivity contribution in [1.82, 2.24) is 4.90 Å². The van der Waals surface area contributed by atoms with Gasteiger partial charge in [0.1, 0.15) is 6.61 Å². The molecule has 0 unspecified atom stereocenters. The molecule has 0 bridgehead atoms. The number of nitrogens with zero attached hydrogens (tertiary/aromatic N) is 1. The summed E-state index contributed by atoms with van der Waals surface area (Å²) in [5.41, 5.74) is 0.939. The Morgan fingerprint density at radius 3 is 2.82 bits per heavy atom. The molecule has 0 aliphatic carbocycles. The summed E-state index contributed by atoms with van der Waals surface area (Å²) in [6.07, 6.45) is -0.0130. The highest BCUT2D eigenvalue weighted by atomic mass is 16.6. The molecule has 22 heavy (non-hydrogen) atoms. The second-order valence-corrected chi connectivity index (χ2v) is 5.77. The van der Waals surface area contributed by atoms with Crippen molar-refractivity contribution in [3.63, 3.8) is 0 Å². The van der Waals surface area contributed by atoms with Crippen molar-refractivity contribution in [3.8, 4) is 0 Å². The molecule has 1 amide bonds. The van der Waals surface area contributed by atoms with Crippen LogP contribution in [0.15, 0.2) is 30.3 Å². The average Bonchev–Trinajstić information content (AvgIpc) is 2.97. The molecule has 6 nitrogen and oxygen atoms in total. The summed E-state index contributed by atoms with van der Waals surface area (Å²) in [6.45, 7) is 1.23. The molecule has 1 aromatic carbocycles. The summed E-state index contributed by atoms with van der Waals surface area (Å²) in [4.78, 5) is 24.7. The van der Waals surface area contributed by atoms with E-state index in [9.17, 15) is 9.59 Å². The van der Waals surface area contributed by atoms with Gasteiger partial charge in [-0.25, -0.2) is 9.59 Å². The maximum atomic E-state index is 12.1. The van der Waals surface area contributed by atoms with Crippen molar-refractivity contribution >= 4 is 12.1 Å². The predicted molar refractivity (Wildman–Crippen MR) is 77.2 cm³/mol. The van der Waals surface area contributed by atoms with Crippen LogP contribution < -0.4 is 0 Å². The third-order valence-corrected chi connectivity index (χ3v) is 4.29. The summed E-state index contributed by atoms with van der Waals surface area (Å²) in [5, 5.41) is 9.02. The van der Waals surface area contributed by atoms with Crippen molar-refractivity contribution in [2.45, 2.75) is 31.7 Å². The normalized spacial score (nSPS) is 27.3. The van der Waals surface area contributed by atoms with E-state index in [1.807, 2.05) is 30.3 Å². The summed E-state index contributed by atoms with van der Waals surface area (Å²) < 4.78 is 10.8. The largest absolute Gasteiger partial charge is 0.479 e. The molecule has 2 fully saturated rings. The van der Waals surface area contributed by atoms with Gasteiger partial charge in [-0.15, -0.1) is 0 Å². The van der Waals surface area contributed by atoms with E-state index in [2.05, 4.69) is 0 Å². The van der Waals surface area contributed by atoms with Gasteiger partial charge in [0, 0.05) is 6.54 Å². The number of aliphatic carboxylic acids is 1. The van der Waals surface area contributed by atoms with Crippen LogP contribution in [0.2, 0.25) is 0 Å². The van der Waals surface area contributed by atoms with Gasteiger partial charge < -0.3 is 19.5 Å². The highest BCUT2D eigenvalue weighted by molar-refractivity contribution is 5.73. The maximum absolute atomic E-state index is 12.1. The summed E-state index contributed by atoms with van der Waals surface area (Å²) in [5.74, 6) is -0.702. The monoisotopic (exact) mass is 305 g/mol. The van der Waals surface area contributed by atoms with Gasteiger partial charge in [-0.1, -0.05) is 30.3 Å². The molecule has 2 saturated heterocycles. The van der Waals surface area contributed by atoms with E-state index < -0.39 is 12.1 Å². The van der Waals surface area contributed by atoms with Gasteiger partial charge in [0.25, 0.3) is 0 Å². The highest BCUT2D eigenvalue weighted by Crippen LogP contribution is 2.33. The quantitative estimate of drug-likeness (QED) is 0.923. The topological polar surface area (TPSA) is 76.1 Å². The van der Waals surface area contributed by atoms with Crippen LogP contribution in [0.1, 0.15) is 18.4 Å². The van der Waals surface area contributed by atoms with Crippen LogP contribution in [0, 0.1) is 5.92 Å². The smallest absolute Gasteiger partial charge is 0.410 e. The fraction of sp³-hybridized carbons (Fsp3) is 0.500. The lowest BCUT2D eigenvalue weighted by Crippen LogP contribution is -2.45. The first-order chi connectivity index (χ1) is 10.6. The van der Waals surface area contributed by atoms with Gasteiger partial charge in [0.15, 0.2) is 6.10 Å². The lowest BCUT2D eigenvalue weighted by molar-refractivity contribution is -0.149. The third kappa shape index (κ3) is 3.22. The molecule has 0 aromatic heterocycles. The first kappa shape index (κ1) is 14.8. The molecule has 3 atom stereocenters. The maximum Gasteiger partial charge on any atom is 0.410 e. The molecular weight excluding hydrogens is 286 g/mol. The molecule has 3 rings (SSSR count). The van der Waals surface area contributed by atoms with Crippen molar-refractivity contribution < 1.29 is 24.2 Å². The molecule has 0 spiro atoms. The van der Waals surface area contributed by atoms with Gasteiger partial charge in [-0.2, -0.15) is 0 Å². The Bertz CT molecular complexity index is 547. The number of hydrogen-bond donors (Lipinski definition) is 1. The van der Waals surface area contributed by atoms with E-state index in [0.717, 1.165) is 12.0 Å². The van der Waals surface area contributed by atoms with Crippen LogP contribution in [-0.2, 0) is 20.9 Å². The molecule has 1 aromatic rings. The first-order valence-electron chi connectivity index (χ1n) is 7.47. The summed E-state index contributed by atoms with van der Waals surface area (Å²) in [7, 11) is 0. The van der Waals surface area contributed by atoms with Crippen LogP contribution in [0.4, 0.5) is 4.79 Å². The second kappa shape index (κ2) is 6.36. The second-order valence-electron chi connectivity index (χ2n) is 5.77. The lowest BCUT2D eigenvalue weighted by atomic mass is 9.92. The van der Waals surface area contributed by atoms with E-state index in [1.54, 1.807) is 4.90 Å². The van der Waals surface area contributed by atoms with Crippen LogP contribution in [0.25, 0.3) is 0 Å². The number of fused-ring (bicyclic) bond motifs is 1. The van der Waals surface area contributed by atoms with Crippen LogP contribution in [-0.4, -0.2) is 47.4 Å². The predicted octanol–water partition coefficient (Wildman–Crippen LogP) is 1.89. The van der Waals surface area contributed by atoms with Gasteiger partial charge in [0.2, 0.25) is 0 Å². The fourth-order valence-corrected chi connectivity index (χ4v) is 3.07. The van der Waals surface area contributed by atoms with Gasteiger partial charge in [-0.3, -0.25) is 0 Å². The summed E-state index contributed by atoms with van der Waals surface area (Å²) >= 11 is 0. The number of amides is 1. The SMILES string of the molecule is O=C(O)[C@H]1C[C@@H]2CCN(C(=O)OCc3ccccc3)C[C@H]2O1. The average molecular weight is 305 g/mol. The van der Waals surface area contributed by atoms with Gasteiger partial charge in [0.05, 0.1) is 12.6 Å². The lowest BCUT2D eigenvalue weighted by Gasteiger charge is -2.33. The zero-order valence-electron chi connectivity index (χ0n) is 12.2. The van der Waals surface area contributed by atoms with Crippen molar-refractivity contribution in [2.75, 3.05) is 13.1 Å². The van der Waals surface area contributed by atoms with Crippen LogP contribution >= 0.6 is 0 Å². The first-order valence-corrected chi connectivity index (χ1v) is 7.47. The van der Waals surface area contributed by atoms with Crippen LogP contribution in [0.3, 0.4) is 0 Å². The molecule has 0 saturated carbocycles. The van der Waals surface area contributed by atoms with Crippen molar-refractivity contribution in [2.24, 2.45) is 5.92 Å². The molecule has 0 radical (unpaired) electrons. The van der Waals surface area contributed by atoms with Crippen molar-refractivity contribution in [3.05, 3.63) is 35.9 Å². The molecule has 2 aliphatic rings. The van der Waals surface area contributed by atoms with Gasteiger partial charge >= 0.3 is 12.1 Å². The number of hydrogen-bond acceptors (Lipinski definition) is 4. The molecule has 6 heteroatoms. The standard InChI is InChI=1S/C16H19NO5/c18-15(19)13-8-12-6-7-17(9-14(12)22-13)16(20)21-10-11-4-2-1-3-5-11/h1-5,12-14H,6-10H2,(H,18,19)/t12-,13+,14+/m0/s1. The number of carboxylic acid groups (broad SMARTS) is 1. The molecule has 1 N–H and O–H groups in total. The van der Waals surface area contributed by atoms with Crippen LogP contribution in [0.5, 0.6) is 0 Å². The molecule has 118 valence electrons. The van der Waals surface area contributed by atoms with E-state index in [4.69, 9.17) is 14.6 Å². The van der Waals surface area contributed by atoms with E-state index in [0.29, 0.717) is 19.5 Å². The minimum absolute atomic E-state index is 0.195. The number of carboxylic acids is 1. The van der Waals surface area contributed by atoms with E-state index in [1.165, 1.54) is 0 Å². The zero-order chi connectivity index (χ0) is 15.5. The molecule has 2 heterocycles. The van der Waals surface area contributed by atoms with E-state index >= 15 is 0 Å². The number of carbonyl (C=O) groups is 2. The number of rotatable bonds is 3. The Balaban J connectivity index is 1.51. The minimum Gasteiger partial charge on any atom is -0.479 e. The number of ether oxygens (including phenoxy) is 2. The zero-order valence-corrected chi connectivity index (χ0v) is 12.2. The Morgan fingerprint density at radius 1 is 1.32 bits per heavy atom. The Morgan fingerprint density at radius 2 is 2.09 bits per heavy atom. The number of benzene rings is 1. The number of carbonyl (C=O) groups excluding carboxylic acids is 1. The van der Waals surface area contributed by atoms with E-state index in [-0.39, 0.29) is 24.7 Å². The minimum atomic E-state index is -0.924. The third-order valence-electron chi connectivity index (χ3n) is 4.29. The fourth-order valence-electron chi connectivity index (χ4n) is 3.07. The number of likely N-dealkylation sites (tertiary alicyclic amines) is 1. The molecule has 2 aliphatic heterocycles. The highest BCUT2D eigenvalue weighted by Gasteiger charge is 2.43. The summed E-state index contributed by atoms with van der Waals surface area (Å²) in [6, 6.07) is 9.50. The Kier molecular flexibility index (Phi) is 4.29. The van der Waals surface area contributed by atoms with Gasteiger partial charge in [-0.05, 0) is 24.3 Å². The molecular formula is C16H19NO5. The van der Waals surface area contributed by atoms with Crippen molar-refractivity contribution in [1.29, 1.82) is 0 Å². The Hall–Kier alpha value is -2.08. The number of piperidine rings is 1. The Labute approximate surface area is 128 Å².